The highest BCUT2D eigenvalue weighted by atomic mass is 32.2. The fourth-order valence-corrected chi connectivity index (χ4v) is 3.45. The number of hydrogen-bond donors (Lipinski definition) is 2. The van der Waals surface area contributed by atoms with E-state index < -0.39 is 12.0 Å². The van der Waals surface area contributed by atoms with Crippen LogP contribution < -0.4 is 10.1 Å². The van der Waals surface area contributed by atoms with Crippen molar-refractivity contribution < 1.29 is 14.6 Å². The molecule has 2 heterocycles. The van der Waals surface area contributed by atoms with E-state index in [1.54, 1.807) is 0 Å². The minimum atomic E-state index is -0.891. The SMILES string of the molecule is CNC(C)CCOc1ccc2nc(C3=N[C@@H](C(=O)O)CS3)ccc2c1. The number of carboxylic acids is 1. The molecular weight excluding hydrogens is 338 g/mol. The molecule has 0 saturated heterocycles. The highest BCUT2D eigenvalue weighted by Gasteiger charge is 2.25. The predicted octanol–water partition coefficient (Wildman–Crippen LogP) is 2.56. The first kappa shape index (κ1) is 17.7. The number of carbonyl (C=O) groups is 1. The molecule has 0 fully saturated rings. The number of thioether (sulfide) groups is 1. The summed E-state index contributed by atoms with van der Waals surface area (Å²) in [6.07, 6.45) is 0.938. The standard InChI is InChI=1S/C18H21N3O3S/c1-11(19-2)7-8-24-13-4-6-14-12(9-13)3-5-15(20-14)17-21-16(10-25-17)18(22)23/h3-6,9,11,16,19H,7-8,10H2,1-2H3,(H,22,23)/t11?,16-/m1/s1. The number of hydrogen-bond acceptors (Lipinski definition) is 6. The Morgan fingerprint density at radius 3 is 3.00 bits per heavy atom. The maximum Gasteiger partial charge on any atom is 0.329 e. The highest BCUT2D eigenvalue weighted by Crippen LogP contribution is 2.25. The van der Waals surface area contributed by atoms with E-state index in [0.717, 1.165) is 28.8 Å². The monoisotopic (exact) mass is 359 g/mol. The lowest BCUT2D eigenvalue weighted by atomic mass is 10.2. The minimum Gasteiger partial charge on any atom is -0.494 e. The second-order valence-corrected chi connectivity index (χ2v) is 6.99. The van der Waals surface area contributed by atoms with Crippen LogP contribution in [0.15, 0.2) is 35.3 Å². The number of aliphatic imine (C=N–C) groups is 1. The number of nitrogens with one attached hydrogen (secondary N) is 1. The molecule has 1 aliphatic heterocycles. The van der Waals surface area contributed by atoms with Gasteiger partial charge in [-0.1, -0.05) is 6.07 Å². The van der Waals surface area contributed by atoms with Gasteiger partial charge >= 0.3 is 5.97 Å². The summed E-state index contributed by atoms with van der Waals surface area (Å²) in [6.45, 7) is 2.77. The minimum absolute atomic E-state index is 0.420. The van der Waals surface area contributed by atoms with Crippen LogP contribution in [0.3, 0.4) is 0 Å². The van der Waals surface area contributed by atoms with Crippen molar-refractivity contribution >= 4 is 33.7 Å². The normalized spacial score (nSPS) is 18.2. The van der Waals surface area contributed by atoms with Gasteiger partial charge in [-0.05, 0) is 44.7 Å². The van der Waals surface area contributed by atoms with Crippen LogP contribution >= 0.6 is 11.8 Å². The average molecular weight is 359 g/mol. The number of benzene rings is 1. The molecule has 3 rings (SSSR count). The number of ether oxygens (including phenoxy) is 1. The summed E-state index contributed by atoms with van der Waals surface area (Å²) >= 11 is 1.44. The molecule has 0 spiro atoms. The maximum atomic E-state index is 11.0. The molecule has 0 aliphatic carbocycles. The topological polar surface area (TPSA) is 83.8 Å². The first-order valence-corrected chi connectivity index (χ1v) is 9.20. The van der Waals surface area contributed by atoms with Crippen molar-refractivity contribution in [1.29, 1.82) is 0 Å². The number of fused-ring (bicyclic) bond motifs is 1. The van der Waals surface area contributed by atoms with Crippen LogP contribution in [0.2, 0.25) is 0 Å². The van der Waals surface area contributed by atoms with Crippen molar-refractivity contribution in [2.45, 2.75) is 25.4 Å². The zero-order valence-corrected chi connectivity index (χ0v) is 15.0. The van der Waals surface area contributed by atoms with E-state index in [9.17, 15) is 4.79 Å². The summed E-state index contributed by atoms with van der Waals surface area (Å²) in [7, 11) is 1.94. The number of pyridine rings is 1. The van der Waals surface area contributed by atoms with E-state index in [-0.39, 0.29) is 0 Å². The van der Waals surface area contributed by atoms with E-state index >= 15 is 0 Å². The Balaban J connectivity index is 1.73. The Kier molecular flexibility index (Phi) is 5.55. The van der Waals surface area contributed by atoms with Crippen molar-refractivity contribution in [3.63, 3.8) is 0 Å². The van der Waals surface area contributed by atoms with E-state index in [4.69, 9.17) is 9.84 Å². The molecule has 0 radical (unpaired) electrons. The van der Waals surface area contributed by atoms with E-state index in [1.807, 2.05) is 37.4 Å². The van der Waals surface area contributed by atoms with Crippen LogP contribution in [0.25, 0.3) is 10.9 Å². The molecule has 2 aromatic rings. The Morgan fingerprint density at radius 2 is 2.28 bits per heavy atom. The summed E-state index contributed by atoms with van der Waals surface area (Å²) in [6, 6.07) is 9.40. The summed E-state index contributed by atoms with van der Waals surface area (Å²) in [4.78, 5) is 19.9. The van der Waals surface area contributed by atoms with Crippen LogP contribution in [-0.2, 0) is 4.79 Å². The molecule has 7 heteroatoms. The van der Waals surface area contributed by atoms with E-state index in [1.165, 1.54) is 11.8 Å². The van der Waals surface area contributed by atoms with Crippen molar-refractivity contribution in [2.75, 3.05) is 19.4 Å². The highest BCUT2D eigenvalue weighted by molar-refractivity contribution is 8.14. The quantitative estimate of drug-likeness (QED) is 0.790. The molecule has 25 heavy (non-hydrogen) atoms. The Hall–Kier alpha value is -2.12. The third-order valence-electron chi connectivity index (χ3n) is 4.13. The molecule has 6 nitrogen and oxygen atoms in total. The maximum absolute atomic E-state index is 11.0. The van der Waals surface area contributed by atoms with Crippen molar-refractivity contribution in [2.24, 2.45) is 4.99 Å². The van der Waals surface area contributed by atoms with Gasteiger partial charge in [0.1, 0.15) is 10.8 Å². The summed E-state index contributed by atoms with van der Waals surface area (Å²) in [5, 5.41) is 13.9. The van der Waals surface area contributed by atoms with Gasteiger partial charge in [-0.3, -0.25) is 4.99 Å². The third-order valence-corrected chi connectivity index (χ3v) is 5.20. The van der Waals surface area contributed by atoms with Gasteiger partial charge < -0.3 is 15.2 Å². The first-order valence-electron chi connectivity index (χ1n) is 8.21. The molecular formula is C18H21N3O3S. The molecule has 2 N–H and O–H groups in total. The molecule has 1 aromatic carbocycles. The van der Waals surface area contributed by atoms with Gasteiger partial charge in [0.2, 0.25) is 0 Å². The van der Waals surface area contributed by atoms with Crippen LogP contribution in [-0.4, -0.2) is 52.6 Å². The second kappa shape index (κ2) is 7.84. The smallest absolute Gasteiger partial charge is 0.329 e. The third kappa shape index (κ3) is 4.29. The molecule has 132 valence electrons. The lowest BCUT2D eigenvalue weighted by molar-refractivity contribution is -0.137. The van der Waals surface area contributed by atoms with Crippen molar-refractivity contribution in [3.8, 4) is 5.75 Å². The Bertz CT molecular complexity index is 809. The van der Waals surface area contributed by atoms with Crippen LogP contribution in [0.4, 0.5) is 0 Å². The van der Waals surface area contributed by atoms with E-state index in [2.05, 4.69) is 22.2 Å². The Labute approximate surface area is 150 Å². The number of rotatable bonds is 7. The molecule has 0 saturated carbocycles. The van der Waals surface area contributed by atoms with Gasteiger partial charge in [-0.15, -0.1) is 11.8 Å². The lowest BCUT2D eigenvalue weighted by Gasteiger charge is -2.11. The van der Waals surface area contributed by atoms with Crippen molar-refractivity contribution in [1.82, 2.24) is 10.3 Å². The number of carboxylic acid groups (broad SMARTS) is 1. The summed E-state index contributed by atoms with van der Waals surface area (Å²) in [5.41, 5.74) is 1.56. The molecule has 2 atom stereocenters. The van der Waals surface area contributed by atoms with Crippen LogP contribution in [0, 0.1) is 0 Å². The van der Waals surface area contributed by atoms with Crippen LogP contribution in [0.1, 0.15) is 19.0 Å². The van der Waals surface area contributed by atoms with Gasteiger partial charge in [0.25, 0.3) is 0 Å². The fraction of sp³-hybridized carbons (Fsp3) is 0.389. The molecule has 1 aromatic heterocycles. The van der Waals surface area contributed by atoms with Gasteiger partial charge in [0, 0.05) is 17.2 Å². The van der Waals surface area contributed by atoms with Gasteiger partial charge in [0.05, 0.1) is 17.8 Å². The van der Waals surface area contributed by atoms with E-state index in [0.29, 0.717) is 23.4 Å². The zero-order valence-electron chi connectivity index (χ0n) is 14.2. The average Bonchev–Trinajstić information content (AvgIpc) is 3.11. The van der Waals surface area contributed by atoms with Crippen LogP contribution in [0.5, 0.6) is 5.75 Å². The molecule has 1 unspecified atom stereocenters. The molecule has 0 amide bonds. The number of nitrogens with zero attached hydrogens (tertiary/aromatic N) is 2. The summed E-state index contributed by atoms with van der Waals surface area (Å²) in [5.74, 6) is 0.393. The molecule has 0 bridgehead atoms. The molecule has 1 aliphatic rings. The number of aliphatic carboxylic acids is 1. The van der Waals surface area contributed by atoms with Crippen molar-refractivity contribution in [3.05, 3.63) is 36.0 Å². The Morgan fingerprint density at radius 1 is 1.44 bits per heavy atom. The summed E-state index contributed by atoms with van der Waals surface area (Å²) < 4.78 is 5.80. The fourth-order valence-electron chi connectivity index (χ4n) is 2.45. The van der Waals surface area contributed by atoms with Gasteiger partial charge in [-0.25, -0.2) is 9.78 Å². The zero-order chi connectivity index (χ0) is 17.8. The predicted molar refractivity (Wildman–Crippen MR) is 101 cm³/mol. The van der Waals surface area contributed by atoms with Gasteiger partial charge in [0.15, 0.2) is 6.04 Å². The first-order chi connectivity index (χ1) is 12.1. The number of aromatic nitrogens is 1. The largest absolute Gasteiger partial charge is 0.494 e. The lowest BCUT2D eigenvalue weighted by Crippen LogP contribution is -2.23. The second-order valence-electron chi connectivity index (χ2n) is 5.98. The van der Waals surface area contributed by atoms with Gasteiger partial charge in [-0.2, -0.15) is 0 Å².